The van der Waals surface area contributed by atoms with Crippen molar-refractivity contribution in [2.45, 2.75) is 33.9 Å². The summed E-state index contributed by atoms with van der Waals surface area (Å²) in [5.74, 6) is 0. The maximum atomic E-state index is 5.70. The molecule has 2 heteroatoms. The second kappa shape index (κ2) is 4.76. The average Bonchev–Trinajstić information content (AvgIpc) is 2.65. The van der Waals surface area contributed by atoms with Crippen molar-refractivity contribution < 1.29 is 0 Å². The van der Waals surface area contributed by atoms with Gasteiger partial charge in [0.1, 0.15) is 0 Å². The highest BCUT2D eigenvalue weighted by atomic mass is 15.0. The minimum atomic E-state index is 0.617. The van der Waals surface area contributed by atoms with E-state index in [2.05, 4.69) is 55.8 Å². The second-order valence-corrected chi connectivity index (χ2v) is 4.69. The molecule has 17 heavy (non-hydrogen) atoms. The molecule has 0 bridgehead atoms. The van der Waals surface area contributed by atoms with Gasteiger partial charge < -0.3 is 10.3 Å². The molecule has 2 aromatic rings. The van der Waals surface area contributed by atoms with Gasteiger partial charge in [-0.05, 0) is 43.5 Å². The lowest BCUT2D eigenvalue weighted by Gasteiger charge is -2.11. The Balaban J connectivity index is 2.31. The summed E-state index contributed by atoms with van der Waals surface area (Å²) in [5, 5.41) is 0. The third-order valence-corrected chi connectivity index (χ3v) is 3.42. The van der Waals surface area contributed by atoms with E-state index in [1.54, 1.807) is 0 Å². The van der Waals surface area contributed by atoms with Crippen LogP contribution in [0.4, 0.5) is 0 Å². The van der Waals surface area contributed by atoms with Gasteiger partial charge in [-0.25, -0.2) is 0 Å². The van der Waals surface area contributed by atoms with Crippen molar-refractivity contribution in [3.63, 3.8) is 0 Å². The molecule has 90 valence electrons. The van der Waals surface area contributed by atoms with Crippen LogP contribution in [0.3, 0.4) is 0 Å². The number of aryl methyl sites for hydroxylation is 2. The molecule has 1 aromatic carbocycles. The Kier molecular flexibility index (Phi) is 3.34. The molecule has 0 amide bonds. The van der Waals surface area contributed by atoms with Crippen molar-refractivity contribution in [1.29, 1.82) is 0 Å². The van der Waals surface area contributed by atoms with Gasteiger partial charge in [-0.1, -0.05) is 23.8 Å². The predicted molar refractivity (Wildman–Crippen MR) is 72.1 cm³/mol. The molecular formula is C15H20N2. The Hall–Kier alpha value is -1.54. The lowest BCUT2D eigenvalue weighted by atomic mass is 10.1. The zero-order valence-corrected chi connectivity index (χ0v) is 10.8. The van der Waals surface area contributed by atoms with Crippen LogP contribution in [0.25, 0.3) is 0 Å². The summed E-state index contributed by atoms with van der Waals surface area (Å²) in [7, 11) is 0. The third kappa shape index (κ3) is 2.42. The second-order valence-electron chi connectivity index (χ2n) is 4.69. The summed E-state index contributed by atoms with van der Waals surface area (Å²) in [6.07, 6.45) is 2.12. The summed E-state index contributed by atoms with van der Waals surface area (Å²) in [4.78, 5) is 0. The molecule has 0 fully saturated rings. The number of aromatic nitrogens is 1. The molecule has 0 aliphatic carbocycles. The van der Waals surface area contributed by atoms with E-state index < -0.39 is 0 Å². The van der Waals surface area contributed by atoms with Crippen molar-refractivity contribution >= 4 is 0 Å². The molecule has 2 rings (SSSR count). The maximum Gasteiger partial charge on any atom is 0.0475 e. The number of nitrogens with zero attached hydrogens (tertiary/aromatic N) is 1. The summed E-state index contributed by atoms with van der Waals surface area (Å²) in [6, 6.07) is 8.72. The molecule has 2 N–H and O–H groups in total. The summed E-state index contributed by atoms with van der Waals surface area (Å²) >= 11 is 0. The van der Waals surface area contributed by atoms with E-state index in [0.717, 1.165) is 6.54 Å². The van der Waals surface area contributed by atoms with Crippen LogP contribution in [-0.2, 0) is 13.1 Å². The lowest BCUT2D eigenvalue weighted by Crippen LogP contribution is -2.04. The first-order chi connectivity index (χ1) is 8.11. The Morgan fingerprint density at radius 3 is 2.47 bits per heavy atom. The number of rotatable bonds is 3. The van der Waals surface area contributed by atoms with Crippen LogP contribution in [0.2, 0.25) is 0 Å². The van der Waals surface area contributed by atoms with Crippen LogP contribution in [0.1, 0.15) is 27.9 Å². The molecule has 0 saturated heterocycles. The zero-order valence-electron chi connectivity index (χ0n) is 10.8. The monoisotopic (exact) mass is 228 g/mol. The molecule has 0 spiro atoms. The van der Waals surface area contributed by atoms with Gasteiger partial charge in [-0.15, -0.1) is 0 Å². The molecule has 2 nitrogen and oxygen atoms in total. The first-order valence-corrected chi connectivity index (χ1v) is 6.02. The average molecular weight is 228 g/mol. The van der Waals surface area contributed by atoms with Gasteiger partial charge in [0.15, 0.2) is 0 Å². The molecule has 0 aliphatic rings. The molecule has 0 atom stereocenters. The molecule has 0 aliphatic heterocycles. The summed E-state index contributed by atoms with van der Waals surface area (Å²) < 4.78 is 2.27. The molecule has 1 heterocycles. The Morgan fingerprint density at radius 2 is 1.82 bits per heavy atom. The largest absolute Gasteiger partial charge is 0.347 e. The van der Waals surface area contributed by atoms with Crippen molar-refractivity contribution in [2.24, 2.45) is 5.73 Å². The van der Waals surface area contributed by atoms with E-state index in [0.29, 0.717) is 6.54 Å². The smallest absolute Gasteiger partial charge is 0.0475 e. The van der Waals surface area contributed by atoms with Crippen molar-refractivity contribution in [3.8, 4) is 0 Å². The van der Waals surface area contributed by atoms with Crippen LogP contribution in [0.15, 0.2) is 30.5 Å². The Labute approximate surface area is 103 Å². The van der Waals surface area contributed by atoms with Gasteiger partial charge in [0.2, 0.25) is 0 Å². The highest BCUT2D eigenvalue weighted by Gasteiger charge is 2.05. The quantitative estimate of drug-likeness (QED) is 0.860. The van der Waals surface area contributed by atoms with Gasteiger partial charge in [-0.2, -0.15) is 0 Å². The number of nitrogens with two attached hydrogens (primary N) is 1. The highest BCUT2D eigenvalue weighted by Crippen LogP contribution is 2.16. The van der Waals surface area contributed by atoms with E-state index in [9.17, 15) is 0 Å². The van der Waals surface area contributed by atoms with Gasteiger partial charge in [0.05, 0.1) is 0 Å². The molecule has 0 radical (unpaired) electrons. The van der Waals surface area contributed by atoms with E-state index >= 15 is 0 Å². The lowest BCUT2D eigenvalue weighted by molar-refractivity contribution is 0.764. The number of hydrogen-bond acceptors (Lipinski definition) is 1. The van der Waals surface area contributed by atoms with Crippen molar-refractivity contribution in [2.75, 3.05) is 0 Å². The first-order valence-electron chi connectivity index (χ1n) is 6.02. The minimum absolute atomic E-state index is 0.617. The predicted octanol–water partition coefficient (Wildman–Crippen LogP) is 2.92. The summed E-state index contributed by atoms with van der Waals surface area (Å²) in [6.45, 7) is 7.98. The van der Waals surface area contributed by atoms with E-state index in [4.69, 9.17) is 5.73 Å². The van der Waals surface area contributed by atoms with E-state index in [1.165, 1.54) is 27.9 Å². The summed E-state index contributed by atoms with van der Waals surface area (Å²) in [5.41, 5.74) is 12.2. The fourth-order valence-electron chi connectivity index (χ4n) is 2.14. The van der Waals surface area contributed by atoms with Crippen LogP contribution >= 0.6 is 0 Å². The van der Waals surface area contributed by atoms with Crippen LogP contribution in [-0.4, -0.2) is 4.57 Å². The third-order valence-electron chi connectivity index (χ3n) is 3.42. The Bertz CT molecular complexity index is 524. The van der Waals surface area contributed by atoms with Gasteiger partial charge in [0, 0.05) is 25.0 Å². The van der Waals surface area contributed by atoms with Crippen LogP contribution in [0, 0.1) is 20.8 Å². The van der Waals surface area contributed by atoms with Crippen molar-refractivity contribution in [3.05, 3.63) is 58.4 Å². The standard InChI is InChI=1S/C15H20N2/c1-11-4-5-12(2)15(8-11)10-17-7-6-14(9-16)13(17)3/h4-8H,9-10,16H2,1-3H3. The normalized spacial score (nSPS) is 10.8. The fraction of sp³-hybridized carbons (Fsp3) is 0.333. The van der Waals surface area contributed by atoms with Crippen LogP contribution in [0.5, 0.6) is 0 Å². The highest BCUT2D eigenvalue weighted by molar-refractivity contribution is 5.32. The van der Waals surface area contributed by atoms with Crippen LogP contribution < -0.4 is 5.73 Å². The molecule has 1 aromatic heterocycles. The van der Waals surface area contributed by atoms with E-state index in [-0.39, 0.29) is 0 Å². The first kappa shape index (κ1) is 11.9. The number of benzene rings is 1. The fourth-order valence-corrected chi connectivity index (χ4v) is 2.14. The van der Waals surface area contributed by atoms with Crippen molar-refractivity contribution in [1.82, 2.24) is 4.57 Å². The van der Waals surface area contributed by atoms with Gasteiger partial charge >= 0.3 is 0 Å². The SMILES string of the molecule is Cc1ccc(C)c(Cn2ccc(CN)c2C)c1. The minimum Gasteiger partial charge on any atom is -0.347 e. The van der Waals surface area contributed by atoms with Gasteiger partial charge in [-0.3, -0.25) is 0 Å². The topological polar surface area (TPSA) is 30.9 Å². The maximum absolute atomic E-state index is 5.70. The molecule has 0 saturated carbocycles. The zero-order chi connectivity index (χ0) is 12.4. The Morgan fingerprint density at radius 1 is 1.06 bits per heavy atom. The van der Waals surface area contributed by atoms with Gasteiger partial charge in [0.25, 0.3) is 0 Å². The van der Waals surface area contributed by atoms with E-state index in [1.807, 2.05) is 0 Å². The molecular weight excluding hydrogens is 208 g/mol. The molecule has 0 unspecified atom stereocenters. The number of hydrogen-bond donors (Lipinski definition) is 1.